The van der Waals surface area contributed by atoms with E-state index in [1.165, 1.54) is 24.3 Å². The van der Waals surface area contributed by atoms with Gasteiger partial charge in [-0.1, -0.05) is 19.6 Å². The predicted molar refractivity (Wildman–Crippen MR) is 52.6 cm³/mol. The summed E-state index contributed by atoms with van der Waals surface area (Å²) in [4.78, 5) is 22.5. The van der Waals surface area contributed by atoms with Crippen LogP contribution in [0.15, 0.2) is 30.4 Å². The van der Waals surface area contributed by atoms with Crippen LogP contribution in [0.1, 0.15) is 28.1 Å². The lowest BCUT2D eigenvalue weighted by atomic mass is 9.94. The van der Waals surface area contributed by atoms with Gasteiger partial charge in [-0.15, -0.1) is 0 Å². The highest BCUT2D eigenvalue weighted by molar-refractivity contribution is 6.23. The minimum Gasteiger partial charge on any atom is -0.507 e. The molecule has 0 saturated carbocycles. The number of rotatable bonds is 0. The molecule has 14 heavy (non-hydrogen) atoms. The highest BCUT2D eigenvalue weighted by Crippen LogP contribution is 2.25. The third-order valence-corrected chi connectivity index (χ3v) is 1.94. The Balaban J connectivity index is 0.000000980. The average Bonchev–Trinajstić information content (AvgIpc) is 2.12. The van der Waals surface area contributed by atoms with Gasteiger partial charge in [0.1, 0.15) is 5.75 Å². The van der Waals surface area contributed by atoms with E-state index in [1.807, 2.05) is 0 Å². The van der Waals surface area contributed by atoms with Crippen molar-refractivity contribution in [2.75, 3.05) is 0 Å². The standard InChI is InChI=1S/C10H6O3.CH4/c11-7-4-5-9(13)10-6(7)2-1-3-8(10)12;/h1-5,12H;1H4. The fraction of sp³-hybridized carbons (Fsp3) is 0.0909. The van der Waals surface area contributed by atoms with Gasteiger partial charge in [-0.2, -0.15) is 0 Å². The van der Waals surface area contributed by atoms with Crippen LogP contribution in [0.5, 0.6) is 5.75 Å². The summed E-state index contributed by atoms with van der Waals surface area (Å²) >= 11 is 0. The van der Waals surface area contributed by atoms with Gasteiger partial charge in [-0.25, -0.2) is 0 Å². The SMILES string of the molecule is C.O=C1C=CC(=O)c2c(O)cccc21. The smallest absolute Gasteiger partial charge is 0.190 e. The molecule has 1 aliphatic rings. The number of hydrogen-bond donors (Lipinski definition) is 1. The summed E-state index contributed by atoms with van der Waals surface area (Å²) in [7, 11) is 0. The van der Waals surface area contributed by atoms with Gasteiger partial charge < -0.3 is 5.11 Å². The molecule has 0 atom stereocenters. The molecule has 0 unspecified atom stereocenters. The Morgan fingerprint density at radius 1 is 1.00 bits per heavy atom. The maximum atomic E-state index is 11.3. The third kappa shape index (κ3) is 1.33. The summed E-state index contributed by atoms with van der Waals surface area (Å²) in [5.74, 6) is -0.710. The van der Waals surface area contributed by atoms with Gasteiger partial charge in [0.25, 0.3) is 0 Å². The van der Waals surface area contributed by atoms with E-state index in [0.29, 0.717) is 0 Å². The van der Waals surface area contributed by atoms with E-state index in [0.717, 1.165) is 0 Å². The van der Waals surface area contributed by atoms with E-state index in [-0.39, 0.29) is 35.9 Å². The van der Waals surface area contributed by atoms with Gasteiger partial charge in [0.15, 0.2) is 11.6 Å². The largest absolute Gasteiger partial charge is 0.507 e. The molecule has 0 aromatic heterocycles. The first-order valence-corrected chi connectivity index (χ1v) is 3.79. The number of benzene rings is 1. The minimum absolute atomic E-state index is 0. The number of carbonyl (C=O) groups excluding carboxylic acids is 2. The summed E-state index contributed by atoms with van der Waals surface area (Å²) in [5.41, 5.74) is 0.377. The molecule has 0 saturated heterocycles. The lowest BCUT2D eigenvalue weighted by Crippen LogP contribution is -2.11. The average molecular weight is 190 g/mol. The molecular weight excluding hydrogens is 180 g/mol. The molecule has 2 rings (SSSR count). The zero-order chi connectivity index (χ0) is 9.42. The summed E-state index contributed by atoms with van der Waals surface area (Å²) in [6.45, 7) is 0. The quantitative estimate of drug-likeness (QED) is 0.680. The summed E-state index contributed by atoms with van der Waals surface area (Å²) in [6.07, 6.45) is 2.38. The monoisotopic (exact) mass is 190 g/mol. The molecule has 0 amide bonds. The van der Waals surface area contributed by atoms with Crippen molar-refractivity contribution >= 4 is 11.6 Å². The Morgan fingerprint density at radius 3 is 2.29 bits per heavy atom. The van der Waals surface area contributed by atoms with Crippen molar-refractivity contribution in [1.82, 2.24) is 0 Å². The van der Waals surface area contributed by atoms with Crippen LogP contribution in [0.4, 0.5) is 0 Å². The Morgan fingerprint density at radius 2 is 1.64 bits per heavy atom. The molecule has 0 spiro atoms. The summed E-state index contributed by atoms with van der Waals surface area (Å²) in [5, 5.41) is 9.34. The first kappa shape index (κ1) is 10.2. The van der Waals surface area contributed by atoms with Crippen molar-refractivity contribution in [3.8, 4) is 5.75 Å². The van der Waals surface area contributed by atoms with Crippen molar-refractivity contribution in [3.63, 3.8) is 0 Å². The molecule has 0 heterocycles. The van der Waals surface area contributed by atoms with Crippen molar-refractivity contribution in [3.05, 3.63) is 41.5 Å². The minimum atomic E-state index is -0.326. The Labute approximate surface area is 81.7 Å². The molecule has 1 aliphatic carbocycles. The first-order valence-electron chi connectivity index (χ1n) is 3.79. The van der Waals surface area contributed by atoms with Crippen LogP contribution >= 0.6 is 0 Å². The molecule has 0 aliphatic heterocycles. The second kappa shape index (κ2) is 3.46. The lowest BCUT2D eigenvalue weighted by molar-refractivity contribution is 0.0991. The van der Waals surface area contributed by atoms with Gasteiger partial charge in [0.05, 0.1) is 5.56 Å². The molecular formula is C11H10O3. The number of phenols is 1. The number of phenolic OH excluding ortho intramolecular Hbond substituents is 1. The molecule has 1 aromatic carbocycles. The van der Waals surface area contributed by atoms with Crippen LogP contribution in [0.3, 0.4) is 0 Å². The van der Waals surface area contributed by atoms with Gasteiger partial charge in [0, 0.05) is 5.56 Å². The van der Waals surface area contributed by atoms with Crippen molar-refractivity contribution < 1.29 is 14.7 Å². The van der Waals surface area contributed by atoms with Gasteiger partial charge >= 0.3 is 0 Å². The van der Waals surface area contributed by atoms with Crippen LogP contribution < -0.4 is 0 Å². The van der Waals surface area contributed by atoms with Crippen LogP contribution in [0.25, 0.3) is 0 Å². The lowest BCUT2D eigenvalue weighted by Gasteiger charge is -2.09. The second-order valence-corrected chi connectivity index (χ2v) is 2.76. The van der Waals surface area contributed by atoms with Gasteiger partial charge in [-0.3, -0.25) is 9.59 Å². The van der Waals surface area contributed by atoms with E-state index >= 15 is 0 Å². The molecule has 72 valence electrons. The number of fused-ring (bicyclic) bond motifs is 1. The molecule has 0 fully saturated rings. The molecule has 0 bridgehead atoms. The summed E-state index contributed by atoms with van der Waals surface area (Å²) in [6, 6.07) is 4.46. The maximum absolute atomic E-state index is 11.3. The van der Waals surface area contributed by atoms with Crippen LogP contribution in [0, 0.1) is 0 Å². The number of ketones is 2. The maximum Gasteiger partial charge on any atom is 0.190 e. The fourth-order valence-electron chi connectivity index (χ4n) is 1.33. The Kier molecular flexibility index (Phi) is 2.51. The number of allylic oxidation sites excluding steroid dienone is 2. The zero-order valence-electron chi connectivity index (χ0n) is 6.65. The normalized spacial score (nSPS) is 13.4. The van der Waals surface area contributed by atoms with Gasteiger partial charge in [-0.05, 0) is 18.2 Å². The molecule has 1 N–H and O–H groups in total. The van der Waals surface area contributed by atoms with Crippen molar-refractivity contribution in [2.45, 2.75) is 7.43 Å². The van der Waals surface area contributed by atoms with E-state index in [4.69, 9.17) is 0 Å². The molecule has 1 aromatic rings. The van der Waals surface area contributed by atoms with E-state index in [9.17, 15) is 14.7 Å². The van der Waals surface area contributed by atoms with E-state index < -0.39 is 0 Å². The number of carbonyl (C=O) groups is 2. The van der Waals surface area contributed by atoms with Gasteiger partial charge in [0.2, 0.25) is 0 Å². The molecule has 3 nitrogen and oxygen atoms in total. The zero-order valence-corrected chi connectivity index (χ0v) is 6.65. The molecule has 0 radical (unpaired) electrons. The first-order chi connectivity index (χ1) is 6.20. The van der Waals surface area contributed by atoms with Crippen molar-refractivity contribution in [2.24, 2.45) is 0 Å². The van der Waals surface area contributed by atoms with Crippen LogP contribution in [0.2, 0.25) is 0 Å². The number of aromatic hydroxyl groups is 1. The topological polar surface area (TPSA) is 54.4 Å². The van der Waals surface area contributed by atoms with Crippen molar-refractivity contribution in [1.29, 1.82) is 0 Å². The van der Waals surface area contributed by atoms with E-state index in [2.05, 4.69) is 0 Å². The third-order valence-electron chi connectivity index (χ3n) is 1.94. The van der Waals surface area contributed by atoms with E-state index in [1.54, 1.807) is 6.07 Å². The Bertz CT molecular complexity index is 430. The Hall–Kier alpha value is -1.90. The van der Waals surface area contributed by atoms with Crippen LogP contribution in [-0.4, -0.2) is 16.7 Å². The van der Waals surface area contributed by atoms with Crippen LogP contribution in [-0.2, 0) is 0 Å². The fourth-order valence-corrected chi connectivity index (χ4v) is 1.33. The highest BCUT2D eigenvalue weighted by atomic mass is 16.3. The predicted octanol–water partition coefficient (Wildman–Crippen LogP) is 1.96. The number of hydrogen-bond acceptors (Lipinski definition) is 3. The molecule has 3 heteroatoms. The highest BCUT2D eigenvalue weighted by Gasteiger charge is 2.21. The second-order valence-electron chi connectivity index (χ2n) is 2.76. The summed E-state index contributed by atoms with van der Waals surface area (Å²) < 4.78 is 0.